The van der Waals surface area contributed by atoms with Crippen LogP contribution in [0.1, 0.15) is 42.1 Å². The summed E-state index contributed by atoms with van der Waals surface area (Å²) in [4.78, 5) is 18.8. The number of aryl methyl sites for hydroxylation is 1. The SMILES string of the molecule is Cc1ccc2c(c1)c(C=c1sc3nc4ccccc4n3c1=O)c(C)n2CCOc1ccc(C(C)C)cc1. The summed E-state index contributed by atoms with van der Waals surface area (Å²) in [6.45, 7) is 9.88. The van der Waals surface area contributed by atoms with Crippen LogP contribution in [0, 0.1) is 13.8 Å². The maximum atomic E-state index is 13.4. The molecule has 3 aromatic heterocycles. The minimum absolute atomic E-state index is 0.0187. The molecular formula is C31H29N3O2S. The zero-order valence-corrected chi connectivity index (χ0v) is 22.3. The van der Waals surface area contributed by atoms with Crippen molar-refractivity contribution >= 4 is 44.3 Å². The van der Waals surface area contributed by atoms with E-state index in [4.69, 9.17) is 4.74 Å². The Balaban J connectivity index is 1.38. The number of nitrogens with zero attached hydrogens (tertiary/aromatic N) is 3. The monoisotopic (exact) mass is 507 g/mol. The van der Waals surface area contributed by atoms with E-state index in [2.05, 4.69) is 67.6 Å². The second-order valence-corrected chi connectivity index (χ2v) is 10.9. The number of imidazole rings is 1. The number of fused-ring (bicyclic) bond motifs is 4. The molecule has 3 aromatic carbocycles. The van der Waals surface area contributed by atoms with Gasteiger partial charge in [-0.05, 0) is 67.8 Å². The van der Waals surface area contributed by atoms with Gasteiger partial charge in [-0.15, -0.1) is 0 Å². The summed E-state index contributed by atoms with van der Waals surface area (Å²) < 4.78 is 10.8. The Hall–Kier alpha value is -3.90. The molecule has 0 aliphatic carbocycles. The largest absolute Gasteiger partial charge is 0.492 e. The Kier molecular flexibility index (Phi) is 5.84. The van der Waals surface area contributed by atoms with Gasteiger partial charge in [-0.3, -0.25) is 4.79 Å². The molecule has 0 saturated heterocycles. The van der Waals surface area contributed by atoms with Crippen molar-refractivity contribution in [3.05, 3.63) is 104 Å². The molecule has 5 nitrogen and oxygen atoms in total. The lowest BCUT2D eigenvalue weighted by molar-refractivity contribution is 0.299. The van der Waals surface area contributed by atoms with E-state index in [0.717, 1.165) is 43.9 Å². The minimum Gasteiger partial charge on any atom is -0.492 e. The molecule has 6 heteroatoms. The van der Waals surface area contributed by atoms with E-state index in [1.54, 1.807) is 4.40 Å². The van der Waals surface area contributed by atoms with Crippen molar-refractivity contribution in [2.45, 2.75) is 40.2 Å². The number of rotatable bonds is 6. The van der Waals surface area contributed by atoms with Crippen molar-refractivity contribution in [2.75, 3.05) is 6.61 Å². The van der Waals surface area contributed by atoms with E-state index in [-0.39, 0.29) is 5.56 Å². The van der Waals surface area contributed by atoms with Gasteiger partial charge in [0.2, 0.25) is 0 Å². The number of ether oxygens (including phenoxy) is 1. The number of benzene rings is 3. The topological polar surface area (TPSA) is 48.5 Å². The molecule has 6 aromatic rings. The summed E-state index contributed by atoms with van der Waals surface area (Å²) in [5.74, 6) is 1.38. The van der Waals surface area contributed by atoms with Gasteiger partial charge in [-0.25, -0.2) is 9.38 Å². The van der Waals surface area contributed by atoms with Crippen LogP contribution < -0.4 is 14.8 Å². The molecule has 6 rings (SSSR count). The predicted molar refractivity (Wildman–Crippen MR) is 153 cm³/mol. The second kappa shape index (κ2) is 9.20. The first kappa shape index (κ1) is 23.5. The van der Waals surface area contributed by atoms with Gasteiger partial charge in [0.25, 0.3) is 5.56 Å². The van der Waals surface area contributed by atoms with E-state index >= 15 is 0 Å². The van der Waals surface area contributed by atoms with Crippen LogP contribution in [-0.4, -0.2) is 20.6 Å². The fourth-order valence-electron chi connectivity index (χ4n) is 5.04. The van der Waals surface area contributed by atoms with Crippen LogP contribution in [0.25, 0.3) is 33.0 Å². The molecule has 3 heterocycles. The van der Waals surface area contributed by atoms with E-state index in [1.165, 1.54) is 22.5 Å². The van der Waals surface area contributed by atoms with E-state index in [0.29, 0.717) is 23.6 Å². The number of hydrogen-bond donors (Lipinski definition) is 0. The van der Waals surface area contributed by atoms with Crippen LogP contribution in [-0.2, 0) is 6.54 Å². The summed E-state index contributed by atoms with van der Waals surface area (Å²) >= 11 is 1.44. The lowest BCUT2D eigenvalue weighted by Crippen LogP contribution is -2.22. The molecule has 0 N–H and O–H groups in total. The molecule has 0 amide bonds. The van der Waals surface area contributed by atoms with Gasteiger partial charge in [0.1, 0.15) is 12.4 Å². The van der Waals surface area contributed by atoms with Crippen molar-refractivity contribution < 1.29 is 4.74 Å². The Morgan fingerprint density at radius 1 is 1.00 bits per heavy atom. The Labute approximate surface area is 219 Å². The standard InChI is InChI=1S/C31H29N3O2S/c1-19(2)22-10-12-23(13-11-22)36-16-15-33-21(4)24(25-17-20(3)9-14-27(25)33)18-29-30(35)34-28-8-6-5-7-26(28)32-31(34)37-29/h5-14,17-19H,15-16H2,1-4H3. The van der Waals surface area contributed by atoms with E-state index in [1.807, 2.05) is 42.5 Å². The maximum Gasteiger partial charge on any atom is 0.274 e. The molecule has 0 radical (unpaired) electrons. The first-order valence-electron chi connectivity index (χ1n) is 12.6. The van der Waals surface area contributed by atoms with E-state index < -0.39 is 0 Å². The van der Waals surface area contributed by atoms with Gasteiger partial charge >= 0.3 is 0 Å². The highest BCUT2D eigenvalue weighted by atomic mass is 32.1. The summed E-state index contributed by atoms with van der Waals surface area (Å²) in [6.07, 6.45) is 2.04. The molecule has 0 aliphatic heterocycles. The van der Waals surface area contributed by atoms with Gasteiger partial charge < -0.3 is 9.30 Å². The quantitative estimate of drug-likeness (QED) is 0.268. The lowest BCUT2D eigenvalue weighted by Gasteiger charge is -2.11. The van der Waals surface area contributed by atoms with Crippen molar-refractivity contribution in [2.24, 2.45) is 0 Å². The van der Waals surface area contributed by atoms with Gasteiger partial charge in [-0.2, -0.15) is 0 Å². The predicted octanol–water partition coefficient (Wildman–Crippen LogP) is 6.23. The molecule has 186 valence electrons. The third-order valence-electron chi connectivity index (χ3n) is 7.08. The third kappa shape index (κ3) is 4.11. The number of hydrogen-bond acceptors (Lipinski definition) is 4. The van der Waals surface area contributed by atoms with Crippen LogP contribution in [0.5, 0.6) is 5.75 Å². The van der Waals surface area contributed by atoms with Crippen molar-refractivity contribution in [3.8, 4) is 5.75 Å². The van der Waals surface area contributed by atoms with Crippen LogP contribution in [0.2, 0.25) is 0 Å². The first-order chi connectivity index (χ1) is 17.9. The number of para-hydroxylation sites is 2. The fourth-order valence-corrected chi connectivity index (χ4v) is 6.01. The normalized spacial score (nSPS) is 12.5. The molecule has 0 fully saturated rings. The second-order valence-electron chi connectivity index (χ2n) is 9.88. The van der Waals surface area contributed by atoms with Crippen molar-refractivity contribution in [1.29, 1.82) is 0 Å². The summed E-state index contributed by atoms with van der Waals surface area (Å²) in [6, 6.07) is 22.6. The molecule has 0 spiro atoms. The van der Waals surface area contributed by atoms with Crippen LogP contribution in [0.3, 0.4) is 0 Å². The summed E-state index contributed by atoms with van der Waals surface area (Å²) in [5.41, 5.74) is 7.52. The van der Waals surface area contributed by atoms with Gasteiger partial charge in [0.15, 0.2) is 4.96 Å². The van der Waals surface area contributed by atoms with Crippen molar-refractivity contribution in [1.82, 2.24) is 14.0 Å². The number of aromatic nitrogens is 3. The lowest BCUT2D eigenvalue weighted by atomic mass is 10.0. The van der Waals surface area contributed by atoms with Crippen LogP contribution in [0.15, 0.2) is 71.5 Å². The first-order valence-corrected chi connectivity index (χ1v) is 13.5. The summed E-state index contributed by atoms with van der Waals surface area (Å²) in [5, 5.41) is 1.15. The average Bonchev–Trinajstić information content (AvgIpc) is 3.49. The third-order valence-corrected chi connectivity index (χ3v) is 8.05. The highest BCUT2D eigenvalue weighted by molar-refractivity contribution is 7.15. The Bertz CT molecular complexity index is 1870. The molecule has 0 aliphatic rings. The van der Waals surface area contributed by atoms with Gasteiger partial charge in [0, 0.05) is 22.2 Å². The maximum absolute atomic E-state index is 13.4. The number of thiazole rings is 1. The zero-order chi connectivity index (χ0) is 25.7. The highest BCUT2D eigenvalue weighted by Gasteiger charge is 2.15. The molecule has 0 atom stereocenters. The zero-order valence-electron chi connectivity index (χ0n) is 21.5. The van der Waals surface area contributed by atoms with Gasteiger partial charge in [0.05, 0.1) is 22.1 Å². The molecular weight excluding hydrogens is 478 g/mol. The highest BCUT2D eigenvalue weighted by Crippen LogP contribution is 2.28. The minimum atomic E-state index is -0.0187. The molecule has 0 bridgehead atoms. The Morgan fingerprint density at radius 3 is 2.57 bits per heavy atom. The Morgan fingerprint density at radius 2 is 1.78 bits per heavy atom. The molecule has 0 saturated carbocycles. The average molecular weight is 508 g/mol. The van der Waals surface area contributed by atoms with Gasteiger partial charge in [-0.1, -0.05) is 61.1 Å². The van der Waals surface area contributed by atoms with Crippen LogP contribution in [0.4, 0.5) is 0 Å². The van der Waals surface area contributed by atoms with Crippen LogP contribution >= 0.6 is 11.3 Å². The molecule has 37 heavy (non-hydrogen) atoms. The van der Waals surface area contributed by atoms with E-state index in [9.17, 15) is 4.79 Å². The summed E-state index contributed by atoms with van der Waals surface area (Å²) in [7, 11) is 0. The fraction of sp³-hybridized carbons (Fsp3) is 0.226. The molecule has 0 unspecified atom stereocenters. The smallest absolute Gasteiger partial charge is 0.274 e. The van der Waals surface area contributed by atoms with Crippen molar-refractivity contribution in [3.63, 3.8) is 0 Å².